The Balaban J connectivity index is 1.52. The molecule has 0 bridgehead atoms. The average molecular weight is 481 g/mol. The standard InChI is InChI=1S/C18H20N6O2S4/c19-1-3-21-17-23-15-11(25)5-9(7-13(15)27-17)29-30-10-6-12(26)16-14(8-10)28-18(24-16)22-4-2-20/h5-8,25-26H,1-4,19-20H2,(H,21,23)(H,22,24). The Hall–Kier alpha value is -1.96. The van der Waals surface area contributed by atoms with E-state index in [0.29, 0.717) is 37.2 Å². The maximum absolute atomic E-state index is 10.4. The second-order valence-corrected chi connectivity index (χ2v) is 10.6. The van der Waals surface area contributed by atoms with Crippen LogP contribution in [0.25, 0.3) is 20.4 Å². The summed E-state index contributed by atoms with van der Waals surface area (Å²) in [7, 11) is 3.01. The molecule has 0 aliphatic heterocycles. The second kappa shape index (κ2) is 9.45. The Kier molecular flexibility index (Phi) is 6.71. The van der Waals surface area contributed by atoms with E-state index in [4.69, 9.17) is 11.5 Å². The number of rotatable bonds is 9. The van der Waals surface area contributed by atoms with Gasteiger partial charge in [-0.2, -0.15) is 0 Å². The molecule has 0 atom stereocenters. The minimum Gasteiger partial charge on any atom is -0.506 e. The molecule has 0 saturated carbocycles. The lowest BCUT2D eigenvalue weighted by atomic mass is 10.3. The van der Waals surface area contributed by atoms with Crippen LogP contribution in [-0.2, 0) is 0 Å². The second-order valence-electron chi connectivity index (χ2n) is 6.21. The molecule has 0 saturated heterocycles. The van der Waals surface area contributed by atoms with Crippen molar-refractivity contribution >= 4 is 75.0 Å². The molecule has 0 radical (unpaired) electrons. The van der Waals surface area contributed by atoms with Gasteiger partial charge in [-0.3, -0.25) is 0 Å². The Morgan fingerprint density at radius 1 is 0.767 bits per heavy atom. The first-order chi connectivity index (χ1) is 14.6. The zero-order valence-corrected chi connectivity index (χ0v) is 19.0. The topological polar surface area (TPSA) is 142 Å². The quantitative estimate of drug-likeness (QED) is 0.195. The van der Waals surface area contributed by atoms with Crippen molar-refractivity contribution in [1.29, 1.82) is 0 Å². The number of aromatic hydroxyl groups is 2. The van der Waals surface area contributed by atoms with E-state index in [2.05, 4.69) is 20.6 Å². The SMILES string of the molecule is NCCNc1nc2c(O)cc(SSc3cc(O)c4nc(NCCN)sc4c3)cc2s1. The van der Waals surface area contributed by atoms with Gasteiger partial charge in [0.15, 0.2) is 10.3 Å². The Morgan fingerprint density at radius 3 is 1.60 bits per heavy atom. The predicted octanol–water partition coefficient (Wildman–Crippen LogP) is 3.86. The molecule has 0 aliphatic carbocycles. The van der Waals surface area contributed by atoms with Crippen molar-refractivity contribution in [3.8, 4) is 11.5 Å². The summed E-state index contributed by atoms with van der Waals surface area (Å²) >= 11 is 2.96. The number of phenols is 2. The zero-order chi connectivity index (χ0) is 21.1. The lowest BCUT2D eigenvalue weighted by Gasteiger charge is -2.04. The van der Waals surface area contributed by atoms with E-state index >= 15 is 0 Å². The first-order valence-corrected chi connectivity index (χ1v) is 12.8. The molecule has 158 valence electrons. The highest BCUT2D eigenvalue weighted by Crippen LogP contribution is 2.45. The fourth-order valence-electron chi connectivity index (χ4n) is 2.68. The Bertz CT molecular complexity index is 1090. The van der Waals surface area contributed by atoms with E-state index in [1.165, 1.54) is 44.3 Å². The number of phenolic OH excluding ortho intramolecular Hbond substituents is 2. The number of thiazole rings is 2. The summed E-state index contributed by atoms with van der Waals surface area (Å²) in [5.74, 6) is 0.285. The normalized spacial score (nSPS) is 11.4. The average Bonchev–Trinajstić information content (AvgIpc) is 3.33. The van der Waals surface area contributed by atoms with Crippen LogP contribution in [0.1, 0.15) is 0 Å². The summed E-state index contributed by atoms with van der Waals surface area (Å²) in [6, 6.07) is 7.40. The van der Waals surface area contributed by atoms with E-state index in [-0.39, 0.29) is 11.5 Å². The summed E-state index contributed by atoms with van der Waals surface area (Å²) in [6.07, 6.45) is 0. The minimum absolute atomic E-state index is 0.143. The number of anilines is 2. The van der Waals surface area contributed by atoms with Gasteiger partial charge in [-0.1, -0.05) is 44.3 Å². The van der Waals surface area contributed by atoms with E-state index in [1.807, 2.05) is 12.1 Å². The third-order valence-electron chi connectivity index (χ3n) is 3.97. The molecule has 8 N–H and O–H groups in total. The van der Waals surface area contributed by atoms with Gasteiger partial charge >= 0.3 is 0 Å². The summed E-state index contributed by atoms with van der Waals surface area (Å²) in [4.78, 5) is 10.6. The van der Waals surface area contributed by atoms with Crippen molar-refractivity contribution in [3.63, 3.8) is 0 Å². The molecule has 2 heterocycles. The van der Waals surface area contributed by atoms with E-state index in [1.54, 1.807) is 12.1 Å². The first-order valence-electron chi connectivity index (χ1n) is 9.07. The monoisotopic (exact) mass is 480 g/mol. The fraction of sp³-hybridized carbons (Fsp3) is 0.222. The maximum atomic E-state index is 10.4. The van der Waals surface area contributed by atoms with Crippen molar-refractivity contribution in [1.82, 2.24) is 9.97 Å². The number of hydrogen-bond acceptors (Lipinski definition) is 12. The molecule has 12 heteroatoms. The smallest absolute Gasteiger partial charge is 0.183 e. The van der Waals surface area contributed by atoms with Gasteiger partial charge in [0.05, 0.1) is 9.40 Å². The molecule has 0 unspecified atom stereocenters. The third kappa shape index (κ3) is 4.68. The molecule has 8 nitrogen and oxygen atoms in total. The van der Waals surface area contributed by atoms with Crippen LogP contribution in [0.15, 0.2) is 34.1 Å². The van der Waals surface area contributed by atoms with Crippen LogP contribution < -0.4 is 22.1 Å². The number of nitrogens with one attached hydrogen (secondary N) is 2. The van der Waals surface area contributed by atoms with E-state index in [0.717, 1.165) is 29.5 Å². The number of fused-ring (bicyclic) bond motifs is 2. The summed E-state index contributed by atoms with van der Waals surface area (Å²) in [5, 5.41) is 28.5. The molecule has 4 aromatic rings. The first kappa shape index (κ1) is 21.3. The van der Waals surface area contributed by atoms with E-state index < -0.39 is 0 Å². The van der Waals surface area contributed by atoms with Gasteiger partial charge < -0.3 is 32.3 Å². The van der Waals surface area contributed by atoms with Gasteiger partial charge in [-0.05, 0) is 24.3 Å². The van der Waals surface area contributed by atoms with Gasteiger partial charge in [0.2, 0.25) is 0 Å². The highest BCUT2D eigenvalue weighted by molar-refractivity contribution is 8.76. The molecule has 0 spiro atoms. The molecule has 4 rings (SSSR count). The summed E-state index contributed by atoms with van der Waals surface area (Å²) in [5.41, 5.74) is 12.2. The van der Waals surface area contributed by atoms with Crippen LogP contribution in [0.4, 0.5) is 10.3 Å². The Morgan fingerprint density at radius 2 is 1.20 bits per heavy atom. The van der Waals surface area contributed by atoms with Crippen molar-refractivity contribution in [2.24, 2.45) is 11.5 Å². The summed E-state index contributed by atoms with van der Waals surface area (Å²) in [6.45, 7) is 2.29. The summed E-state index contributed by atoms with van der Waals surface area (Å²) < 4.78 is 1.79. The van der Waals surface area contributed by atoms with Crippen molar-refractivity contribution in [3.05, 3.63) is 24.3 Å². The fourth-order valence-corrected chi connectivity index (χ4v) is 6.73. The molecule has 2 aromatic carbocycles. The lowest BCUT2D eigenvalue weighted by molar-refractivity contribution is 0.478. The highest BCUT2D eigenvalue weighted by atomic mass is 33.1. The largest absolute Gasteiger partial charge is 0.506 e. The zero-order valence-electron chi connectivity index (χ0n) is 15.7. The number of hydrogen-bond donors (Lipinski definition) is 6. The maximum Gasteiger partial charge on any atom is 0.183 e. The van der Waals surface area contributed by atoms with Crippen LogP contribution in [0.3, 0.4) is 0 Å². The van der Waals surface area contributed by atoms with Gasteiger partial charge in [0.1, 0.15) is 22.5 Å². The Labute approximate surface area is 188 Å². The lowest BCUT2D eigenvalue weighted by Crippen LogP contribution is -2.12. The molecular weight excluding hydrogens is 461 g/mol. The number of nitrogens with two attached hydrogens (primary N) is 2. The van der Waals surface area contributed by atoms with Crippen LogP contribution in [0.5, 0.6) is 11.5 Å². The number of aromatic nitrogens is 2. The van der Waals surface area contributed by atoms with Gasteiger partial charge in [-0.15, -0.1) is 0 Å². The molecule has 0 fully saturated rings. The highest BCUT2D eigenvalue weighted by Gasteiger charge is 2.13. The number of benzene rings is 2. The van der Waals surface area contributed by atoms with Crippen LogP contribution >= 0.6 is 44.3 Å². The van der Waals surface area contributed by atoms with E-state index in [9.17, 15) is 10.2 Å². The third-order valence-corrected chi connectivity index (χ3v) is 8.24. The van der Waals surface area contributed by atoms with Crippen molar-refractivity contribution in [2.75, 3.05) is 36.8 Å². The molecule has 2 aromatic heterocycles. The number of nitrogens with zero attached hydrogens (tertiary/aromatic N) is 2. The molecule has 0 aliphatic rings. The molecular formula is C18H20N6O2S4. The minimum atomic E-state index is 0.143. The van der Waals surface area contributed by atoms with Crippen LogP contribution in [-0.4, -0.2) is 46.4 Å². The van der Waals surface area contributed by atoms with Gasteiger partial charge in [0.25, 0.3) is 0 Å². The van der Waals surface area contributed by atoms with Gasteiger partial charge in [-0.25, -0.2) is 9.97 Å². The predicted molar refractivity (Wildman–Crippen MR) is 129 cm³/mol. The molecule has 0 amide bonds. The van der Waals surface area contributed by atoms with Crippen molar-refractivity contribution < 1.29 is 10.2 Å². The van der Waals surface area contributed by atoms with Crippen LogP contribution in [0, 0.1) is 0 Å². The van der Waals surface area contributed by atoms with Crippen LogP contribution in [0.2, 0.25) is 0 Å². The molecule has 30 heavy (non-hydrogen) atoms. The van der Waals surface area contributed by atoms with Gasteiger partial charge in [0, 0.05) is 36.0 Å². The van der Waals surface area contributed by atoms with Crippen molar-refractivity contribution in [2.45, 2.75) is 9.79 Å².